The van der Waals surface area contributed by atoms with E-state index in [4.69, 9.17) is 9.84 Å². The Morgan fingerprint density at radius 1 is 1.50 bits per heavy atom. The summed E-state index contributed by atoms with van der Waals surface area (Å²) in [6.07, 6.45) is 2.62. The van der Waals surface area contributed by atoms with Gasteiger partial charge in [-0.1, -0.05) is 13.3 Å². The fourth-order valence-electron chi connectivity index (χ4n) is 2.34. The molecule has 2 aliphatic rings. The van der Waals surface area contributed by atoms with Crippen LogP contribution < -0.4 is 5.32 Å². The number of amides is 2. The smallest absolute Gasteiger partial charge is 0.334 e. The van der Waals surface area contributed by atoms with Gasteiger partial charge in [0.1, 0.15) is 0 Å². The third kappa shape index (κ3) is 2.93. The van der Waals surface area contributed by atoms with E-state index in [1.807, 2.05) is 0 Å². The minimum atomic E-state index is -1.02. The summed E-state index contributed by atoms with van der Waals surface area (Å²) in [5, 5.41) is 11.8. The van der Waals surface area contributed by atoms with Crippen LogP contribution in [0.15, 0.2) is 0 Å². The Morgan fingerprint density at radius 3 is 2.78 bits per heavy atom. The van der Waals surface area contributed by atoms with Crippen molar-refractivity contribution in [2.24, 2.45) is 5.41 Å². The molecular formula is C12H20N2O4. The van der Waals surface area contributed by atoms with E-state index in [0.29, 0.717) is 13.1 Å². The largest absolute Gasteiger partial charge is 0.479 e. The van der Waals surface area contributed by atoms with Crippen molar-refractivity contribution in [3.05, 3.63) is 0 Å². The highest BCUT2D eigenvalue weighted by Gasteiger charge is 2.33. The topological polar surface area (TPSA) is 78.9 Å². The number of carboxylic acid groups (broad SMARTS) is 1. The van der Waals surface area contributed by atoms with Gasteiger partial charge in [-0.2, -0.15) is 0 Å². The van der Waals surface area contributed by atoms with E-state index in [9.17, 15) is 9.59 Å². The number of hydrogen-bond donors (Lipinski definition) is 2. The Bertz CT molecular complexity index is 341. The maximum Gasteiger partial charge on any atom is 0.334 e. The van der Waals surface area contributed by atoms with Crippen LogP contribution in [0.2, 0.25) is 0 Å². The van der Waals surface area contributed by atoms with Crippen LogP contribution in [-0.2, 0) is 9.53 Å². The number of nitrogens with zero attached hydrogens (tertiary/aromatic N) is 1. The molecule has 1 saturated heterocycles. The van der Waals surface area contributed by atoms with Gasteiger partial charge in [-0.15, -0.1) is 0 Å². The van der Waals surface area contributed by atoms with Crippen molar-refractivity contribution in [2.75, 3.05) is 26.2 Å². The minimum absolute atomic E-state index is 0.123. The zero-order valence-electron chi connectivity index (χ0n) is 10.6. The van der Waals surface area contributed by atoms with Gasteiger partial charge in [0.05, 0.1) is 13.2 Å². The second-order valence-corrected chi connectivity index (χ2v) is 5.47. The van der Waals surface area contributed by atoms with E-state index in [-0.39, 0.29) is 24.6 Å². The lowest BCUT2D eigenvalue weighted by Gasteiger charge is -2.39. The Labute approximate surface area is 106 Å². The number of rotatable bonds is 3. The second-order valence-electron chi connectivity index (χ2n) is 5.47. The van der Waals surface area contributed by atoms with Crippen LogP contribution in [0.4, 0.5) is 4.79 Å². The molecular weight excluding hydrogens is 236 g/mol. The van der Waals surface area contributed by atoms with Crippen molar-refractivity contribution in [1.29, 1.82) is 0 Å². The van der Waals surface area contributed by atoms with Crippen LogP contribution >= 0.6 is 0 Å². The van der Waals surface area contributed by atoms with E-state index in [1.54, 1.807) is 0 Å². The molecule has 1 atom stereocenters. The summed E-state index contributed by atoms with van der Waals surface area (Å²) in [6, 6.07) is -0.183. The first-order valence-corrected chi connectivity index (χ1v) is 6.37. The lowest BCUT2D eigenvalue weighted by atomic mass is 9.70. The average molecular weight is 256 g/mol. The van der Waals surface area contributed by atoms with E-state index < -0.39 is 12.1 Å². The number of carbonyl (C=O) groups excluding carboxylic acids is 1. The number of hydrogen-bond acceptors (Lipinski definition) is 3. The molecule has 1 aliphatic heterocycles. The average Bonchev–Trinajstić information content (AvgIpc) is 2.33. The van der Waals surface area contributed by atoms with Gasteiger partial charge in [0, 0.05) is 13.1 Å². The zero-order valence-corrected chi connectivity index (χ0v) is 10.6. The molecule has 1 aliphatic carbocycles. The molecule has 0 aromatic carbocycles. The van der Waals surface area contributed by atoms with Gasteiger partial charge in [-0.3, -0.25) is 0 Å². The standard InChI is InChI=1S/C12H20N2O4/c1-12(3-2-4-12)8-13-11(17)14-5-6-18-9(7-14)10(15)16/h9H,2-8H2,1H3,(H,13,17)(H,15,16). The van der Waals surface area contributed by atoms with Gasteiger partial charge in [0.15, 0.2) is 6.10 Å². The van der Waals surface area contributed by atoms with Crippen LogP contribution in [0.5, 0.6) is 0 Å². The van der Waals surface area contributed by atoms with Crippen LogP contribution in [0.1, 0.15) is 26.2 Å². The molecule has 102 valence electrons. The number of carboxylic acids is 1. The summed E-state index contributed by atoms with van der Waals surface area (Å²) >= 11 is 0. The maximum atomic E-state index is 11.9. The number of urea groups is 1. The van der Waals surface area contributed by atoms with Crippen molar-refractivity contribution in [3.8, 4) is 0 Å². The number of nitrogens with one attached hydrogen (secondary N) is 1. The molecule has 0 bridgehead atoms. The third-order valence-electron chi connectivity index (χ3n) is 3.86. The molecule has 2 rings (SSSR count). The number of aliphatic carboxylic acids is 1. The quantitative estimate of drug-likeness (QED) is 0.778. The highest BCUT2D eigenvalue weighted by Crippen LogP contribution is 2.39. The lowest BCUT2D eigenvalue weighted by molar-refractivity contribution is -0.154. The van der Waals surface area contributed by atoms with Crippen molar-refractivity contribution in [1.82, 2.24) is 10.2 Å². The number of ether oxygens (including phenoxy) is 1. The van der Waals surface area contributed by atoms with Crippen molar-refractivity contribution in [2.45, 2.75) is 32.3 Å². The van der Waals surface area contributed by atoms with Crippen LogP contribution in [0, 0.1) is 5.41 Å². The minimum Gasteiger partial charge on any atom is -0.479 e. The van der Waals surface area contributed by atoms with Crippen LogP contribution in [0.25, 0.3) is 0 Å². The summed E-state index contributed by atoms with van der Waals surface area (Å²) < 4.78 is 5.08. The summed E-state index contributed by atoms with van der Waals surface area (Å²) in [6.45, 7) is 3.68. The Balaban J connectivity index is 1.79. The van der Waals surface area contributed by atoms with Crippen molar-refractivity contribution in [3.63, 3.8) is 0 Å². The normalized spacial score (nSPS) is 26.3. The molecule has 0 spiro atoms. The molecule has 2 N–H and O–H groups in total. The van der Waals surface area contributed by atoms with Gasteiger partial charge >= 0.3 is 12.0 Å². The first-order valence-electron chi connectivity index (χ1n) is 6.37. The summed E-state index contributed by atoms with van der Waals surface area (Å²) in [5.41, 5.74) is 0.230. The van der Waals surface area contributed by atoms with Gasteiger partial charge in [0.25, 0.3) is 0 Å². The number of morpholine rings is 1. The predicted molar refractivity (Wildman–Crippen MR) is 64.3 cm³/mol. The van der Waals surface area contributed by atoms with E-state index in [2.05, 4.69) is 12.2 Å². The summed E-state index contributed by atoms with van der Waals surface area (Å²) in [5.74, 6) is -1.02. The highest BCUT2D eigenvalue weighted by atomic mass is 16.5. The molecule has 0 aromatic heterocycles. The van der Waals surface area contributed by atoms with Gasteiger partial charge in [0.2, 0.25) is 0 Å². The molecule has 0 aromatic rings. The fourth-order valence-corrected chi connectivity index (χ4v) is 2.34. The molecule has 2 fully saturated rings. The monoisotopic (exact) mass is 256 g/mol. The first-order chi connectivity index (χ1) is 8.50. The molecule has 2 amide bonds. The highest BCUT2D eigenvalue weighted by molar-refractivity contribution is 5.77. The fraction of sp³-hybridized carbons (Fsp3) is 0.833. The van der Waals surface area contributed by atoms with Crippen molar-refractivity contribution < 1.29 is 19.4 Å². The van der Waals surface area contributed by atoms with Gasteiger partial charge < -0.3 is 20.1 Å². The van der Waals surface area contributed by atoms with Gasteiger partial charge in [-0.25, -0.2) is 9.59 Å². The molecule has 6 heteroatoms. The lowest BCUT2D eigenvalue weighted by Crippen LogP contribution is -2.53. The van der Waals surface area contributed by atoms with E-state index in [1.165, 1.54) is 11.3 Å². The van der Waals surface area contributed by atoms with Crippen molar-refractivity contribution >= 4 is 12.0 Å². The number of carbonyl (C=O) groups is 2. The SMILES string of the molecule is CC1(CNC(=O)N2CCOC(C(=O)O)C2)CCC1. The molecule has 1 heterocycles. The summed E-state index contributed by atoms with van der Waals surface area (Å²) in [7, 11) is 0. The molecule has 1 unspecified atom stereocenters. The first kappa shape index (κ1) is 13.1. The van der Waals surface area contributed by atoms with Crippen LogP contribution in [0.3, 0.4) is 0 Å². The molecule has 0 radical (unpaired) electrons. The predicted octanol–water partition coefficient (Wildman–Crippen LogP) is 0.672. The van der Waals surface area contributed by atoms with E-state index in [0.717, 1.165) is 12.8 Å². The Kier molecular flexibility index (Phi) is 3.75. The van der Waals surface area contributed by atoms with Gasteiger partial charge in [-0.05, 0) is 18.3 Å². The van der Waals surface area contributed by atoms with Crippen LogP contribution in [-0.4, -0.2) is 54.4 Å². The molecule has 1 saturated carbocycles. The zero-order chi connectivity index (χ0) is 13.2. The molecule has 18 heavy (non-hydrogen) atoms. The summed E-state index contributed by atoms with van der Waals surface area (Å²) in [4.78, 5) is 24.2. The second kappa shape index (κ2) is 5.14. The Morgan fingerprint density at radius 2 is 2.22 bits per heavy atom. The molecule has 6 nitrogen and oxygen atoms in total. The maximum absolute atomic E-state index is 11.9. The third-order valence-corrected chi connectivity index (χ3v) is 3.86. The Hall–Kier alpha value is -1.30. The van der Waals surface area contributed by atoms with E-state index >= 15 is 0 Å².